The van der Waals surface area contributed by atoms with E-state index in [2.05, 4.69) is 15.6 Å². The summed E-state index contributed by atoms with van der Waals surface area (Å²) in [6.45, 7) is 0.990. The number of hydrogen-bond donors (Lipinski definition) is 3. The summed E-state index contributed by atoms with van der Waals surface area (Å²) in [6, 6.07) is 6.36. The molecule has 1 aromatic carbocycles. The van der Waals surface area contributed by atoms with Crippen LogP contribution in [0.3, 0.4) is 0 Å². The lowest BCUT2D eigenvalue weighted by Gasteiger charge is -2.21. The third-order valence-corrected chi connectivity index (χ3v) is 5.37. The minimum Gasteiger partial charge on any atom is -0.383 e. The molecular formula is C18H29N5O4S. The SMILES string of the molecule is COCC(NC(=NCc1ccc(S(N)(=O)=O)cc1)NCC(=O)N(C)C)C1CC1. The van der Waals surface area contributed by atoms with E-state index in [1.165, 1.54) is 17.0 Å². The van der Waals surface area contributed by atoms with Gasteiger partial charge in [-0.2, -0.15) is 0 Å². The first-order chi connectivity index (χ1) is 13.2. The van der Waals surface area contributed by atoms with Gasteiger partial charge in [-0.1, -0.05) is 12.1 Å². The van der Waals surface area contributed by atoms with Crippen molar-refractivity contribution in [2.45, 2.75) is 30.3 Å². The number of hydrogen-bond acceptors (Lipinski definition) is 5. The van der Waals surface area contributed by atoms with Crippen LogP contribution in [0, 0.1) is 5.92 Å². The van der Waals surface area contributed by atoms with Gasteiger partial charge in [-0.3, -0.25) is 4.79 Å². The van der Waals surface area contributed by atoms with Crippen LogP contribution in [0.1, 0.15) is 18.4 Å². The number of methoxy groups -OCH3 is 1. The lowest BCUT2D eigenvalue weighted by Crippen LogP contribution is -2.48. The number of nitrogens with one attached hydrogen (secondary N) is 2. The van der Waals surface area contributed by atoms with Crippen LogP contribution >= 0.6 is 0 Å². The van der Waals surface area contributed by atoms with Crippen LogP contribution in [0.5, 0.6) is 0 Å². The lowest BCUT2D eigenvalue weighted by atomic mass is 10.2. The van der Waals surface area contributed by atoms with Gasteiger partial charge >= 0.3 is 0 Å². The molecule has 0 bridgehead atoms. The highest BCUT2D eigenvalue weighted by molar-refractivity contribution is 7.89. The van der Waals surface area contributed by atoms with Gasteiger partial charge in [0.25, 0.3) is 0 Å². The molecule has 0 radical (unpaired) electrons. The molecule has 4 N–H and O–H groups in total. The van der Waals surface area contributed by atoms with Crippen molar-refractivity contribution in [1.82, 2.24) is 15.5 Å². The monoisotopic (exact) mass is 411 g/mol. The standard InChI is InChI=1S/C18H29N5O4S/c1-23(2)17(24)11-21-18(22-16(12-27-3)14-6-7-14)20-10-13-4-8-15(9-5-13)28(19,25)26/h4-5,8-9,14,16H,6-7,10-12H2,1-3H3,(H2,19,25,26)(H2,20,21,22). The number of amides is 1. The summed E-state index contributed by atoms with van der Waals surface area (Å²) in [5, 5.41) is 11.5. The van der Waals surface area contributed by atoms with E-state index in [1.807, 2.05) is 0 Å². The molecule has 9 nitrogen and oxygen atoms in total. The van der Waals surface area contributed by atoms with Gasteiger partial charge in [0.2, 0.25) is 15.9 Å². The molecule has 1 atom stereocenters. The minimum absolute atomic E-state index is 0.0576. The number of rotatable bonds is 9. The second-order valence-electron chi connectivity index (χ2n) is 7.04. The van der Waals surface area contributed by atoms with E-state index in [0.717, 1.165) is 18.4 Å². The van der Waals surface area contributed by atoms with Crippen molar-refractivity contribution in [2.24, 2.45) is 16.0 Å². The molecule has 0 spiro atoms. The molecule has 1 aliphatic carbocycles. The van der Waals surface area contributed by atoms with Crippen molar-refractivity contribution in [1.29, 1.82) is 0 Å². The van der Waals surface area contributed by atoms with E-state index in [-0.39, 0.29) is 23.4 Å². The first kappa shape index (κ1) is 22.1. The van der Waals surface area contributed by atoms with Gasteiger partial charge in [0.05, 0.1) is 30.6 Å². The zero-order valence-electron chi connectivity index (χ0n) is 16.5. The Hall–Kier alpha value is -2.17. The van der Waals surface area contributed by atoms with E-state index in [4.69, 9.17) is 9.88 Å². The summed E-state index contributed by atoms with van der Waals surface area (Å²) in [5.74, 6) is 0.979. The number of nitrogens with two attached hydrogens (primary N) is 1. The number of guanidine groups is 1. The summed E-state index contributed by atoms with van der Waals surface area (Å²) in [5.41, 5.74) is 0.821. The van der Waals surface area contributed by atoms with Gasteiger partial charge < -0.3 is 20.3 Å². The number of carbonyl (C=O) groups is 1. The number of aliphatic imine (C=N–C) groups is 1. The van der Waals surface area contributed by atoms with Crippen molar-refractivity contribution >= 4 is 21.9 Å². The second kappa shape index (κ2) is 9.85. The smallest absolute Gasteiger partial charge is 0.241 e. The zero-order chi connectivity index (χ0) is 20.7. The molecule has 1 saturated carbocycles. The van der Waals surface area contributed by atoms with Crippen LogP contribution in [-0.2, 0) is 26.1 Å². The number of benzene rings is 1. The molecule has 1 unspecified atom stereocenters. The van der Waals surface area contributed by atoms with Crippen molar-refractivity contribution in [3.8, 4) is 0 Å². The third-order valence-electron chi connectivity index (χ3n) is 4.44. The van der Waals surface area contributed by atoms with Gasteiger partial charge in [-0.15, -0.1) is 0 Å². The second-order valence-corrected chi connectivity index (χ2v) is 8.60. The van der Waals surface area contributed by atoms with Crippen LogP contribution in [0.4, 0.5) is 0 Å². The fourth-order valence-corrected chi connectivity index (χ4v) is 3.09. The molecule has 1 fully saturated rings. The van der Waals surface area contributed by atoms with Crippen molar-refractivity contribution < 1.29 is 17.9 Å². The Labute approximate surface area is 166 Å². The lowest BCUT2D eigenvalue weighted by molar-refractivity contribution is -0.127. The first-order valence-corrected chi connectivity index (χ1v) is 10.6. The molecule has 1 aliphatic rings. The molecule has 2 rings (SSSR count). The maximum absolute atomic E-state index is 11.9. The van der Waals surface area contributed by atoms with Gasteiger partial charge in [-0.25, -0.2) is 18.5 Å². The molecule has 1 aromatic rings. The maximum atomic E-state index is 11.9. The number of ether oxygens (including phenoxy) is 1. The van der Waals surface area contributed by atoms with Gasteiger partial charge in [0.15, 0.2) is 5.96 Å². The van der Waals surface area contributed by atoms with Crippen molar-refractivity contribution in [2.75, 3.05) is 34.4 Å². The molecule has 10 heteroatoms. The highest BCUT2D eigenvalue weighted by Crippen LogP contribution is 2.32. The fraction of sp³-hybridized carbons (Fsp3) is 0.556. The molecule has 0 aromatic heterocycles. The summed E-state index contributed by atoms with van der Waals surface area (Å²) in [7, 11) is 1.33. The fourth-order valence-electron chi connectivity index (χ4n) is 2.57. The maximum Gasteiger partial charge on any atom is 0.241 e. The minimum atomic E-state index is -3.72. The van der Waals surface area contributed by atoms with Gasteiger partial charge in [0.1, 0.15) is 0 Å². The summed E-state index contributed by atoms with van der Waals surface area (Å²) < 4.78 is 28.0. The predicted molar refractivity (Wildman–Crippen MR) is 107 cm³/mol. The van der Waals surface area contributed by atoms with Crippen LogP contribution in [0.25, 0.3) is 0 Å². The Morgan fingerprint density at radius 2 is 1.96 bits per heavy atom. The quantitative estimate of drug-likeness (QED) is 0.384. The summed E-state index contributed by atoms with van der Waals surface area (Å²) in [4.78, 5) is 18.0. The van der Waals surface area contributed by atoms with Crippen LogP contribution < -0.4 is 15.8 Å². The Morgan fingerprint density at radius 3 is 2.46 bits per heavy atom. The largest absolute Gasteiger partial charge is 0.383 e. The molecular weight excluding hydrogens is 382 g/mol. The highest BCUT2D eigenvalue weighted by Gasteiger charge is 2.31. The topological polar surface area (TPSA) is 126 Å². The average molecular weight is 412 g/mol. The van der Waals surface area contributed by atoms with E-state index >= 15 is 0 Å². The Kier molecular flexibility index (Phi) is 7.78. The van der Waals surface area contributed by atoms with Crippen molar-refractivity contribution in [3.05, 3.63) is 29.8 Å². The zero-order valence-corrected chi connectivity index (χ0v) is 17.3. The van der Waals surface area contributed by atoms with Crippen molar-refractivity contribution in [3.63, 3.8) is 0 Å². The molecule has 0 aliphatic heterocycles. The van der Waals surface area contributed by atoms with Gasteiger partial charge in [-0.05, 0) is 36.5 Å². The summed E-state index contributed by atoms with van der Waals surface area (Å²) in [6.07, 6.45) is 2.28. The Bertz CT molecular complexity index is 789. The van der Waals surface area contributed by atoms with Gasteiger partial charge in [0, 0.05) is 21.2 Å². The van der Waals surface area contributed by atoms with E-state index in [1.54, 1.807) is 33.3 Å². The van der Waals surface area contributed by atoms with Crippen LogP contribution in [0.15, 0.2) is 34.2 Å². The summed E-state index contributed by atoms with van der Waals surface area (Å²) >= 11 is 0. The first-order valence-electron chi connectivity index (χ1n) is 9.06. The predicted octanol–water partition coefficient (Wildman–Crippen LogP) is -0.118. The molecule has 28 heavy (non-hydrogen) atoms. The normalized spacial score (nSPS) is 15.8. The van der Waals surface area contributed by atoms with E-state index in [0.29, 0.717) is 25.0 Å². The average Bonchev–Trinajstić information content (AvgIpc) is 3.47. The number of nitrogens with zero attached hydrogens (tertiary/aromatic N) is 2. The molecule has 1 amide bonds. The third kappa shape index (κ3) is 7.10. The number of sulfonamides is 1. The van der Waals surface area contributed by atoms with E-state index in [9.17, 15) is 13.2 Å². The van der Waals surface area contributed by atoms with Crippen LogP contribution in [-0.4, -0.2) is 65.6 Å². The number of primary sulfonamides is 1. The molecule has 0 saturated heterocycles. The molecule has 156 valence electrons. The molecule has 0 heterocycles. The highest BCUT2D eigenvalue weighted by atomic mass is 32.2. The van der Waals surface area contributed by atoms with Crippen LogP contribution in [0.2, 0.25) is 0 Å². The number of carbonyl (C=O) groups excluding carboxylic acids is 1. The Balaban J connectivity index is 2.08. The Morgan fingerprint density at radius 1 is 1.32 bits per heavy atom. The van der Waals surface area contributed by atoms with E-state index < -0.39 is 10.0 Å². The number of likely N-dealkylation sites (N-methyl/N-ethyl adjacent to an activating group) is 1.